The molecule has 1 aliphatic rings. The van der Waals surface area contributed by atoms with E-state index in [1.807, 2.05) is 6.07 Å². The molecule has 0 spiro atoms. The van der Waals surface area contributed by atoms with Crippen LogP contribution in [0.3, 0.4) is 0 Å². The van der Waals surface area contributed by atoms with Gasteiger partial charge in [0.05, 0.1) is 12.7 Å². The largest absolute Gasteiger partial charge is 0.496 e. The van der Waals surface area contributed by atoms with Crippen LogP contribution in [0, 0.1) is 5.82 Å². The first-order valence-electron chi connectivity index (χ1n) is 9.82. The fourth-order valence-electron chi connectivity index (χ4n) is 3.30. The van der Waals surface area contributed by atoms with Crippen LogP contribution in [-0.4, -0.2) is 67.6 Å². The number of amides is 2. The van der Waals surface area contributed by atoms with Gasteiger partial charge < -0.3 is 25.0 Å². The zero-order valence-electron chi connectivity index (χ0n) is 16.9. The van der Waals surface area contributed by atoms with Gasteiger partial charge in [-0.1, -0.05) is 12.1 Å². The summed E-state index contributed by atoms with van der Waals surface area (Å²) in [5.41, 5.74) is 6.53. The molecule has 0 saturated carbocycles. The second kappa shape index (κ2) is 10.1. The lowest BCUT2D eigenvalue weighted by Crippen LogP contribution is -2.51. The Labute approximate surface area is 175 Å². The van der Waals surface area contributed by atoms with Gasteiger partial charge in [-0.3, -0.25) is 9.59 Å². The van der Waals surface area contributed by atoms with Gasteiger partial charge in [0.1, 0.15) is 23.9 Å². The zero-order valence-corrected chi connectivity index (χ0v) is 16.9. The molecule has 1 atom stereocenters. The molecule has 7 nitrogen and oxygen atoms in total. The molecule has 0 aliphatic carbocycles. The molecule has 1 heterocycles. The zero-order chi connectivity index (χ0) is 21.5. The van der Waals surface area contributed by atoms with Gasteiger partial charge in [-0.05, 0) is 36.4 Å². The number of rotatable bonds is 7. The van der Waals surface area contributed by atoms with Crippen LogP contribution in [0.15, 0.2) is 48.5 Å². The summed E-state index contributed by atoms with van der Waals surface area (Å²) in [7, 11) is 1.53. The van der Waals surface area contributed by atoms with E-state index in [-0.39, 0.29) is 30.7 Å². The summed E-state index contributed by atoms with van der Waals surface area (Å²) in [5.74, 6) is 0.514. The summed E-state index contributed by atoms with van der Waals surface area (Å²) in [6, 6.07) is 12.3. The number of methoxy groups -OCH3 is 1. The standard InChI is InChI=1S/C22H26FN3O4/c1-29-20-5-3-2-4-19(20)22(28)26-12-10-25(11-13-26)21(27)14-17(24)15-30-18-8-6-16(23)7-9-18/h2-9,17H,10-15,24H2,1H3/t17-/m0/s1. The van der Waals surface area contributed by atoms with Crippen LogP contribution in [0.5, 0.6) is 11.5 Å². The number of para-hydroxylation sites is 1. The van der Waals surface area contributed by atoms with Gasteiger partial charge in [-0.15, -0.1) is 0 Å². The number of carbonyl (C=O) groups is 2. The van der Waals surface area contributed by atoms with Gasteiger partial charge in [0.25, 0.3) is 5.91 Å². The SMILES string of the molecule is COc1ccccc1C(=O)N1CCN(C(=O)C[C@H](N)COc2ccc(F)cc2)CC1. The Kier molecular flexibility index (Phi) is 7.24. The lowest BCUT2D eigenvalue weighted by atomic mass is 10.1. The summed E-state index contributed by atoms with van der Waals surface area (Å²) >= 11 is 0. The van der Waals surface area contributed by atoms with E-state index in [0.29, 0.717) is 43.2 Å². The van der Waals surface area contributed by atoms with E-state index < -0.39 is 6.04 Å². The molecule has 2 amide bonds. The minimum Gasteiger partial charge on any atom is -0.496 e. The molecule has 1 saturated heterocycles. The number of piperazine rings is 1. The highest BCUT2D eigenvalue weighted by atomic mass is 19.1. The molecule has 0 radical (unpaired) electrons. The lowest BCUT2D eigenvalue weighted by molar-refractivity contribution is -0.133. The van der Waals surface area contributed by atoms with E-state index >= 15 is 0 Å². The van der Waals surface area contributed by atoms with Crippen molar-refractivity contribution < 1.29 is 23.5 Å². The maximum Gasteiger partial charge on any atom is 0.257 e. The van der Waals surface area contributed by atoms with E-state index in [9.17, 15) is 14.0 Å². The van der Waals surface area contributed by atoms with Crippen LogP contribution in [0.4, 0.5) is 4.39 Å². The molecule has 1 aliphatic heterocycles. The Bertz CT molecular complexity index is 867. The number of nitrogens with two attached hydrogens (primary N) is 1. The summed E-state index contributed by atoms with van der Waals surface area (Å²) in [4.78, 5) is 28.7. The summed E-state index contributed by atoms with van der Waals surface area (Å²) in [6.45, 7) is 1.95. The van der Waals surface area contributed by atoms with E-state index in [1.165, 1.54) is 31.4 Å². The van der Waals surface area contributed by atoms with Crippen LogP contribution in [-0.2, 0) is 4.79 Å². The van der Waals surface area contributed by atoms with E-state index in [4.69, 9.17) is 15.2 Å². The predicted octanol–water partition coefficient (Wildman–Crippen LogP) is 1.92. The fraction of sp³-hybridized carbons (Fsp3) is 0.364. The second-order valence-electron chi connectivity index (χ2n) is 7.10. The van der Waals surface area contributed by atoms with Crippen molar-refractivity contribution in [1.82, 2.24) is 9.80 Å². The van der Waals surface area contributed by atoms with E-state index in [1.54, 1.807) is 28.0 Å². The average Bonchev–Trinajstić information content (AvgIpc) is 2.78. The minimum atomic E-state index is -0.476. The number of benzene rings is 2. The van der Waals surface area contributed by atoms with Crippen molar-refractivity contribution in [3.63, 3.8) is 0 Å². The maximum atomic E-state index is 12.9. The first-order chi connectivity index (χ1) is 14.5. The van der Waals surface area contributed by atoms with Gasteiger partial charge >= 0.3 is 0 Å². The molecule has 8 heteroatoms. The molecule has 160 valence electrons. The third kappa shape index (κ3) is 5.48. The molecule has 0 unspecified atom stereocenters. The molecule has 1 fully saturated rings. The van der Waals surface area contributed by atoms with Crippen molar-refractivity contribution in [2.75, 3.05) is 39.9 Å². The summed E-state index contributed by atoms with van der Waals surface area (Å²) in [5, 5.41) is 0. The lowest BCUT2D eigenvalue weighted by Gasteiger charge is -2.35. The minimum absolute atomic E-state index is 0.0744. The number of hydrogen-bond acceptors (Lipinski definition) is 5. The van der Waals surface area contributed by atoms with Crippen molar-refractivity contribution in [3.05, 3.63) is 59.9 Å². The topological polar surface area (TPSA) is 85.1 Å². The van der Waals surface area contributed by atoms with Gasteiger partial charge in [0.15, 0.2) is 0 Å². The Balaban J connectivity index is 1.45. The molecule has 2 N–H and O–H groups in total. The smallest absolute Gasteiger partial charge is 0.257 e. The van der Waals surface area contributed by atoms with Crippen molar-refractivity contribution in [1.29, 1.82) is 0 Å². The first kappa shape index (κ1) is 21.6. The Morgan fingerprint density at radius 1 is 1.03 bits per heavy atom. The summed E-state index contributed by atoms with van der Waals surface area (Å²) < 4.78 is 23.7. The monoisotopic (exact) mass is 415 g/mol. The maximum absolute atomic E-state index is 12.9. The number of halogens is 1. The van der Waals surface area contributed by atoms with Crippen molar-refractivity contribution in [3.8, 4) is 11.5 Å². The van der Waals surface area contributed by atoms with Crippen molar-refractivity contribution in [2.24, 2.45) is 5.73 Å². The Hall–Kier alpha value is -3.13. The van der Waals surface area contributed by atoms with Gasteiger partial charge in [-0.25, -0.2) is 4.39 Å². The van der Waals surface area contributed by atoms with Gasteiger partial charge in [0.2, 0.25) is 5.91 Å². The highest BCUT2D eigenvalue weighted by molar-refractivity contribution is 5.97. The number of carbonyl (C=O) groups excluding carboxylic acids is 2. The second-order valence-corrected chi connectivity index (χ2v) is 7.10. The molecule has 0 aromatic heterocycles. The first-order valence-corrected chi connectivity index (χ1v) is 9.82. The molecule has 30 heavy (non-hydrogen) atoms. The molecular weight excluding hydrogens is 389 g/mol. The molecular formula is C22H26FN3O4. The predicted molar refractivity (Wildman–Crippen MR) is 110 cm³/mol. The fourth-order valence-corrected chi connectivity index (χ4v) is 3.30. The van der Waals surface area contributed by atoms with Crippen LogP contribution >= 0.6 is 0 Å². The normalized spacial score (nSPS) is 14.9. The van der Waals surface area contributed by atoms with Crippen molar-refractivity contribution >= 4 is 11.8 Å². The van der Waals surface area contributed by atoms with Crippen LogP contribution in [0.1, 0.15) is 16.8 Å². The molecule has 0 bridgehead atoms. The third-order valence-corrected chi connectivity index (χ3v) is 4.97. The number of hydrogen-bond donors (Lipinski definition) is 1. The molecule has 2 aromatic carbocycles. The highest BCUT2D eigenvalue weighted by Gasteiger charge is 2.27. The van der Waals surface area contributed by atoms with Crippen LogP contribution < -0.4 is 15.2 Å². The number of nitrogens with zero attached hydrogens (tertiary/aromatic N) is 2. The van der Waals surface area contributed by atoms with Gasteiger partial charge in [0, 0.05) is 38.6 Å². The average molecular weight is 415 g/mol. The quantitative estimate of drug-likeness (QED) is 0.747. The van der Waals surface area contributed by atoms with E-state index in [0.717, 1.165) is 0 Å². The van der Waals surface area contributed by atoms with Gasteiger partial charge in [-0.2, -0.15) is 0 Å². The third-order valence-electron chi connectivity index (χ3n) is 4.97. The van der Waals surface area contributed by atoms with Crippen LogP contribution in [0.25, 0.3) is 0 Å². The Morgan fingerprint density at radius 2 is 1.67 bits per heavy atom. The van der Waals surface area contributed by atoms with Crippen molar-refractivity contribution in [2.45, 2.75) is 12.5 Å². The number of ether oxygens (including phenoxy) is 2. The van der Waals surface area contributed by atoms with Crippen LogP contribution in [0.2, 0.25) is 0 Å². The summed E-state index contributed by atoms with van der Waals surface area (Å²) in [6.07, 6.45) is 0.141. The highest BCUT2D eigenvalue weighted by Crippen LogP contribution is 2.20. The molecule has 2 aromatic rings. The van der Waals surface area contributed by atoms with E-state index in [2.05, 4.69) is 0 Å². The molecule has 3 rings (SSSR count). The Morgan fingerprint density at radius 3 is 2.33 bits per heavy atom.